The Labute approximate surface area is 120 Å². The van der Waals surface area contributed by atoms with Crippen LogP contribution in [0.4, 0.5) is 11.9 Å². The zero-order valence-corrected chi connectivity index (χ0v) is 10.9. The van der Waals surface area contributed by atoms with Crippen molar-refractivity contribution < 1.29 is 0 Å². The topological polar surface area (TPSA) is 119 Å². The van der Waals surface area contributed by atoms with Gasteiger partial charge in [-0.25, -0.2) is 0 Å². The summed E-state index contributed by atoms with van der Waals surface area (Å²) in [5, 5.41) is 12.9. The van der Waals surface area contributed by atoms with Crippen LogP contribution in [0.15, 0.2) is 42.6 Å². The van der Waals surface area contributed by atoms with Crippen molar-refractivity contribution >= 4 is 11.9 Å². The van der Waals surface area contributed by atoms with Crippen LogP contribution in [0.2, 0.25) is 0 Å². The second-order valence-corrected chi connectivity index (χ2v) is 4.33. The minimum absolute atomic E-state index is 0.110. The minimum Gasteiger partial charge on any atom is -0.368 e. The molecular weight excluding hydrogens is 266 g/mol. The highest BCUT2D eigenvalue weighted by molar-refractivity contribution is 5.62. The van der Waals surface area contributed by atoms with E-state index in [9.17, 15) is 0 Å². The Hall–Kier alpha value is -3.40. The molecule has 0 unspecified atom stereocenters. The molecule has 21 heavy (non-hydrogen) atoms. The summed E-state index contributed by atoms with van der Waals surface area (Å²) in [4.78, 5) is 8.19. The molecule has 0 fully saturated rings. The number of rotatable bonds is 2. The predicted octanol–water partition coefficient (Wildman–Crippen LogP) is 1.37. The summed E-state index contributed by atoms with van der Waals surface area (Å²) < 4.78 is 1.41. The third kappa shape index (κ3) is 2.37. The molecule has 7 heteroatoms. The van der Waals surface area contributed by atoms with Gasteiger partial charge >= 0.3 is 0 Å². The fourth-order valence-electron chi connectivity index (χ4n) is 1.96. The summed E-state index contributed by atoms with van der Waals surface area (Å²) in [7, 11) is 0. The van der Waals surface area contributed by atoms with Gasteiger partial charge in [-0.1, -0.05) is 12.1 Å². The van der Waals surface area contributed by atoms with Crippen LogP contribution in [0.25, 0.3) is 16.9 Å². The summed E-state index contributed by atoms with van der Waals surface area (Å²) in [6.07, 6.45) is 1.62. The maximum Gasteiger partial charge on any atom is 0.241 e. The molecule has 0 amide bonds. The van der Waals surface area contributed by atoms with E-state index in [2.05, 4.69) is 21.1 Å². The lowest BCUT2D eigenvalue weighted by atomic mass is 10.1. The molecule has 2 heterocycles. The van der Waals surface area contributed by atoms with Crippen molar-refractivity contribution in [1.29, 1.82) is 5.26 Å². The molecule has 102 valence electrons. The fraction of sp³-hybridized carbons (Fsp3) is 0. The number of pyridine rings is 1. The van der Waals surface area contributed by atoms with E-state index in [0.717, 1.165) is 11.3 Å². The Morgan fingerprint density at radius 2 is 2.00 bits per heavy atom. The number of nitrogens with two attached hydrogens (primary N) is 2. The summed E-state index contributed by atoms with van der Waals surface area (Å²) in [5.41, 5.74) is 14.1. The van der Waals surface area contributed by atoms with Crippen molar-refractivity contribution in [3.63, 3.8) is 0 Å². The van der Waals surface area contributed by atoms with Crippen molar-refractivity contribution in [2.75, 3.05) is 11.5 Å². The van der Waals surface area contributed by atoms with Crippen LogP contribution >= 0.6 is 0 Å². The average Bonchev–Trinajstić information content (AvgIpc) is 2.86. The van der Waals surface area contributed by atoms with E-state index in [0.29, 0.717) is 11.3 Å². The summed E-state index contributed by atoms with van der Waals surface area (Å²) in [6.45, 7) is 0. The SMILES string of the molecule is N#Cc1cccc(-c2ccc(-n3nc(N)nc3N)cn2)c1. The average molecular weight is 277 g/mol. The van der Waals surface area contributed by atoms with Crippen LogP contribution in [0.5, 0.6) is 0 Å². The second kappa shape index (κ2) is 4.94. The first-order valence-corrected chi connectivity index (χ1v) is 6.12. The summed E-state index contributed by atoms with van der Waals surface area (Å²) in [5.74, 6) is 0.312. The van der Waals surface area contributed by atoms with Crippen LogP contribution in [0.1, 0.15) is 5.56 Å². The molecule has 2 aromatic heterocycles. The second-order valence-electron chi connectivity index (χ2n) is 4.33. The van der Waals surface area contributed by atoms with Crippen molar-refractivity contribution in [3.8, 4) is 23.0 Å². The van der Waals surface area contributed by atoms with Crippen LogP contribution in [-0.4, -0.2) is 19.7 Å². The molecular formula is C14H11N7. The monoisotopic (exact) mass is 277 g/mol. The van der Waals surface area contributed by atoms with E-state index in [1.165, 1.54) is 4.68 Å². The van der Waals surface area contributed by atoms with Crippen LogP contribution in [0.3, 0.4) is 0 Å². The van der Waals surface area contributed by atoms with Gasteiger partial charge < -0.3 is 11.5 Å². The van der Waals surface area contributed by atoms with Crippen molar-refractivity contribution in [2.24, 2.45) is 0 Å². The number of benzene rings is 1. The molecule has 0 atom stereocenters. The maximum absolute atomic E-state index is 8.92. The molecule has 1 aromatic carbocycles. The zero-order valence-electron chi connectivity index (χ0n) is 10.9. The molecule has 0 aliphatic carbocycles. The molecule has 4 N–H and O–H groups in total. The smallest absolute Gasteiger partial charge is 0.241 e. The third-order valence-corrected chi connectivity index (χ3v) is 2.93. The highest BCUT2D eigenvalue weighted by atomic mass is 15.4. The highest BCUT2D eigenvalue weighted by Gasteiger charge is 2.07. The number of aromatic nitrogens is 4. The van der Waals surface area contributed by atoms with E-state index >= 15 is 0 Å². The molecule has 0 aliphatic heterocycles. The fourth-order valence-corrected chi connectivity index (χ4v) is 1.96. The van der Waals surface area contributed by atoms with Gasteiger partial charge in [-0.2, -0.15) is 14.9 Å². The van der Waals surface area contributed by atoms with Gasteiger partial charge in [0.25, 0.3) is 0 Å². The van der Waals surface area contributed by atoms with Gasteiger partial charge in [0.05, 0.1) is 29.2 Å². The summed E-state index contributed by atoms with van der Waals surface area (Å²) in [6, 6.07) is 13.0. The van der Waals surface area contributed by atoms with E-state index in [1.807, 2.05) is 24.3 Å². The third-order valence-electron chi connectivity index (χ3n) is 2.93. The number of hydrogen-bond donors (Lipinski definition) is 2. The Balaban J connectivity index is 1.97. The first kappa shape index (κ1) is 12.6. The van der Waals surface area contributed by atoms with Crippen molar-refractivity contribution in [3.05, 3.63) is 48.2 Å². The molecule has 0 bridgehead atoms. The maximum atomic E-state index is 8.92. The lowest BCUT2D eigenvalue weighted by Gasteiger charge is -2.04. The minimum atomic E-state index is 0.110. The Morgan fingerprint density at radius 1 is 1.14 bits per heavy atom. The van der Waals surface area contributed by atoms with E-state index in [1.54, 1.807) is 18.3 Å². The van der Waals surface area contributed by atoms with Gasteiger partial charge in [0, 0.05) is 5.56 Å². The van der Waals surface area contributed by atoms with Crippen LogP contribution < -0.4 is 11.5 Å². The standard InChI is InChI=1S/C14H11N7/c15-7-9-2-1-3-10(6-9)12-5-4-11(8-18-12)21-14(17)19-13(16)20-21/h1-6,8H,(H4,16,17,19,20). The van der Waals surface area contributed by atoms with Crippen molar-refractivity contribution in [1.82, 2.24) is 19.7 Å². The highest BCUT2D eigenvalue weighted by Crippen LogP contribution is 2.20. The zero-order chi connectivity index (χ0) is 14.8. The lowest BCUT2D eigenvalue weighted by molar-refractivity contribution is 0.889. The van der Waals surface area contributed by atoms with Crippen molar-refractivity contribution in [2.45, 2.75) is 0 Å². The predicted molar refractivity (Wildman–Crippen MR) is 78.1 cm³/mol. The first-order valence-electron chi connectivity index (χ1n) is 6.12. The molecule has 0 saturated carbocycles. The summed E-state index contributed by atoms with van der Waals surface area (Å²) >= 11 is 0. The largest absolute Gasteiger partial charge is 0.368 e. The molecule has 3 aromatic rings. The number of nitrogen functional groups attached to an aromatic ring is 2. The van der Waals surface area contributed by atoms with Gasteiger partial charge in [-0.3, -0.25) is 4.98 Å². The van der Waals surface area contributed by atoms with Gasteiger partial charge in [-0.15, -0.1) is 5.10 Å². The van der Waals surface area contributed by atoms with E-state index in [4.69, 9.17) is 16.7 Å². The molecule has 0 aliphatic rings. The quantitative estimate of drug-likeness (QED) is 0.729. The lowest BCUT2D eigenvalue weighted by Crippen LogP contribution is -2.03. The number of anilines is 2. The number of hydrogen-bond acceptors (Lipinski definition) is 6. The van der Waals surface area contributed by atoms with E-state index < -0.39 is 0 Å². The van der Waals surface area contributed by atoms with Gasteiger partial charge in [-0.05, 0) is 24.3 Å². The first-order chi connectivity index (χ1) is 10.2. The normalized spacial score (nSPS) is 10.2. The Kier molecular flexibility index (Phi) is 2.97. The molecule has 0 spiro atoms. The Bertz CT molecular complexity index is 827. The molecule has 7 nitrogen and oxygen atoms in total. The molecule has 3 rings (SSSR count). The number of nitrogens with zero attached hydrogens (tertiary/aromatic N) is 5. The number of nitriles is 1. The van der Waals surface area contributed by atoms with Crippen LogP contribution in [-0.2, 0) is 0 Å². The molecule has 0 saturated heterocycles. The van der Waals surface area contributed by atoms with E-state index in [-0.39, 0.29) is 11.9 Å². The van der Waals surface area contributed by atoms with Gasteiger partial charge in [0.15, 0.2) is 0 Å². The van der Waals surface area contributed by atoms with Crippen LogP contribution in [0, 0.1) is 11.3 Å². The van der Waals surface area contributed by atoms with Gasteiger partial charge in [0.1, 0.15) is 0 Å². The molecule has 0 radical (unpaired) electrons. The van der Waals surface area contributed by atoms with Gasteiger partial charge in [0.2, 0.25) is 11.9 Å². The Morgan fingerprint density at radius 3 is 2.62 bits per heavy atom.